The molecular weight excluding hydrogens is 142 g/mol. The van der Waals surface area contributed by atoms with Gasteiger partial charge in [-0.05, 0) is 26.9 Å². The Hall–Kier alpha value is -0.700. The molecule has 0 aromatic carbocycles. The molecule has 3 nitrogen and oxygen atoms in total. The monoisotopic (exact) mass is 157 g/mol. The minimum atomic E-state index is 0.227. The van der Waals surface area contributed by atoms with E-state index in [2.05, 4.69) is 0 Å². The maximum Gasteiger partial charge on any atom is 0.149 e. The van der Waals surface area contributed by atoms with Crippen molar-refractivity contribution in [2.45, 2.75) is 25.3 Å². The third-order valence-electron chi connectivity index (χ3n) is 1.90. The van der Waals surface area contributed by atoms with E-state index in [1.807, 2.05) is 25.8 Å². The molecule has 3 heteroatoms. The summed E-state index contributed by atoms with van der Waals surface area (Å²) in [6.45, 7) is 2.00. The Labute approximate surface area is 67.4 Å². The van der Waals surface area contributed by atoms with E-state index in [0.29, 0.717) is 5.78 Å². The molecule has 0 spiro atoms. The number of ketones is 1. The first-order chi connectivity index (χ1) is 5.22. The van der Waals surface area contributed by atoms with Crippen LogP contribution in [0.1, 0.15) is 19.3 Å². The molecule has 1 atom stereocenters. The molecule has 1 rings (SSSR count). The molecule has 11 heavy (non-hydrogen) atoms. The summed E-state index contributed by atoms with van der Waals surface area (Å²) in [4.78, 5) is 21.0. The van der Waals surface area contributed by atoms with Crippen molar-refractivity contribution in [2.24, 2.45) is 0 Å². The summed E-state index contributed by atoms with van der Waals surface area (Å²) in [5.41, 5.74) is 0. The zero-order valence-electron chi connectivity index (χ0n) is 7.17. The van der Waals surface area contributed by atoms with Gasteiger partial charge in [0.2, 0.25) is 0 Å². The lowest BCUT2D eigenvalue weighted by Crippen LogP contribution is -2.31. The fourth-order valence-electron chi connectivity index (χ4n) is 1.34. The second-order valence-corrected chi connectivity index (χ2v) is 2.84. The van der Waals surface area contributed by atoms with E-state index >= 15 is 0 Å². The minimum absolute atomic E-state index is 0.227. The Bertz CT molecular complexity index is 134. The Balaban J connectivity index is 0.000000461. The molecule has 1 fully saturated rings. The fraction of sp³-hybridized carbons (Fsp3) is 0.750. The second kappa shape index (κ2) is 5.02. The lowest BCUT2D eigenvalue weighted by Gasteiger charge is -2.15. The van der Waals surface area contributed by atoms with E-state index in [0.717, 1.165) is 19.3 Å². The third kappa shape index (κ3) is 2.80. The van der Waals surface area contributed by atoms with Crippen LogP contribution in [0.2, 0.25) is 0 Å². The van der Waals surface area contributed by atoms with E-state index in [4.69, 9.17) is 4.79 Å². The highest BCUT2D eigenvalue weighted by molar-refractivity contribution is 5.85. The topological polar surface area (TPSA) is 37.4 Å². The van der Waals surface area contributed by atoms with Gasteiger partial charge in [0.05, 0.1) is 6.04 Å². The van der Waals surface area contributed by atoms with Crippen molar-refractivity contribution in [3.63, 3.8) is 0 Å². The first-order valence-corrected chi connectivity index (χ1v) is 3.70. The van der Waals surface area contributed by atoms with Crippen molar-refractivity contribution in [1.29, 1.82) is 0 Å². The molecule has 1 aliphatic carbocycles. The van der Waals surface area contributed by atoms with Gasteiger partial charge < -0.3 is 4.79 Å². The van der Waals surface area contributed by atoms with Crippen molar-refractivity contribution in [3.8, 4) is 0 Å². The first kappa shape index (κ1) is 10.3. The summed E-state index contributed by atoms with van der Waals surface area (Å²) in [5.74, 6) is 0.417. The summed E-state index contributed by atoms with van der Waals surface area (Å²) in [7, 11) is 3.93. The number of likely N-dealkylation sites (N-methyl/N-ethyl adjacent to an activating group) is 1. The van der Waals surface area contributed by atoms with Gasteiger partial charge in [-0.1, -0.05) is 0 Å². The average molecular weight is 157 g/mol. The molecule has 1 unspecified atom stereocenters. The molecule has 1 saturated carbocycles. The summed E-state index contributed by atoms with van der Waals surface area (Å²) in [5, 5.41) is 0. The molecule has 0 aliphatic heterocycles. The quantitative estimate of drug-likeness (QED) is 0.555. The van der Waals surface area contributed by atoms with E-state index in [-0.39, 0.29) is 6.04 Å². The fourth-order valence-corrected chi connectivity index (χ4v) is 1.34. The van der Waals surface area contributed by atoms with Crippen LogP contribution in [0.4, 0.5) is 0 Å². The highest BCUT2D eigenvalue weighted by Gasteiger charge is 2.25. The lowest BCUT2D eigenvalue weighted by molar-refractivity contribution is -0.121. The molecular formula is C8H15NO2. The molecule has 0 heterocycles. The summed E-state index contributed by atoms with van der Waals surface area (Å²) < 4.78 is 0. The Morgan fingerprint density at radius 1 is 1.45 bits per heavy atom. The lowest BCUT2D eigenvalue weighted by atomic mass is 10.2. The number of carbonyl (C=O) groups excluding carboxylic acids is 2. The van der Waals surface area contributed by atoms with Crippen molar-refractivity contribution in [3.05, 3.63) is 0 Å². The van der Waals surface area contributed by atoms with Crippen molar-refractivity contribution >= 4 is 12.6 Å². The van der Waals surface area contributed by atoms with Crippen LogP contribution in [0.25, 0.3) is 0 Å². The molecule has 0 radical (unpaired) electrons. The molecule has 64 valence electrons. The van der Waals surface area contributed by atoms with Gasteiger partial charge in [0.25, 0.3) is 0 Å². The van der Waals surface area contributed by atoms with Crippen LogP contribution in [0.3, 0.4) is 0 Å². The number of hydrogen-bond donors (Lipinski definition) is 0. The predicted octanol–water partition coefficient (Wildman–Crippen LogP) is 0.485. The second-order valence-electron chi connectivity index (χ2n) is 2.84. The normalized spacial score (nSPS) is 23.2. The Kier molecular flexibility index (Phi) is 4.70. The summed E-state index contributed by atoms with van der Waals surface area (Å²) >= 11 is 0. The maximum absolute atomic E-state index is 11.0. The smallest absolute Gasteiger partial charge is 0.149 e. The van der Waals surface area contributed by atoms with Crippen LogP contribution < -0.4 is 0 Å². The number of carbonyl (C=O) groups is 2. The van der Waals surface area contributed by atoms with Crippen LogP contribution in [-0.4, -0.2) is 37.6 Å². The largest absolute Gasteiger partial charge is 0.307 e. The molecule has 0 aromatic heterocycles. The van der Waals surface area contributed by atoms with E-state index in [1.54, 1.807) is 0 Å². The molecule has 0 amide bonds. The number of nitrogens with zero attached hydrogens (tertiary/aromatic N) is 1. The number of rotatable bonds is 1. The van der Waals surface area contributed by atoms with Gasteiger partial charge in [-0.3, -0.25) is 9.69 Å². The third-order valence-corrected chi connectivity index (χ3v) is 1.90. The number of Topliss-reactive ketones (excluding diaryl/α,β-unsaturated/α-hetero) is 1. The maximum atomic E-state index is 11.0. The van der Waals surface area contributed by atoms with Gasteiger partial charge in [-0.25, -0.2) is 0 Å². The zero-order chi connectivity index (χ0) is 8.85. The molecule has 0 bridgehead atoms. The van der Waals surface area contributed by atoms with Gasteiger partial charge >= 0.3 is 0 Å². The highest BCUT2D eigenvalue weighted by Crippen LogP contribution is 2.17. The van der Waals surface area contributed by atoms with E-state index < -0.39 is 0 Å². The summed E-state index contributed by atoms with van der Waals surface area (Å²) in [6.07, 6.45) is 2.94. The Morgan fingerprint density at radius 3 is 2.18 bits per heavy atom. The predicted molar refractivity (Wildman–Crippen MR) is 43.5 cm³/mol. The molecule has 0 aromatic rings. The van der Waals surface area contributed by atoms with E-state index in [1.165, 1.54) is 0 Å². The standard InChI is InChI=1S/C7H13NO.CH2O/c1-8(2)6-4-3-5-7(6)9;1-2/h6H,3-5H2,1-2H3;1H2. The molecule has 0 saturated heterocycles. The van der Waals surface area contributed by atoms with Gasteiger partial charge in [0, 0.05) is 6.42 Å². The van der Waals surface area contributed by atoms with Crippen LogP contribution in [0, 0.1) is 0 Å². The minimum Gasteiger partial charge on any atom is -0.307 e. The van der Waals surface area contributed by atoms with Gasteiger partial charge in [-0.15, -0.1) is 0 Å². The van der Waals surface area contributed by atoms with Crippen molar-refractivity contribution in [1.82, 2.24) is 4.90 Å². The van der Waals surface area contributed by atoms with Gasteiger partial charge in [0.15, 0.2) is 0 Å². The average Bonchev–Trinajstić information content (AvgIpc) is 2.39. The Morgan fingerprint density at radius 2 is 2.00 bits per heavy atom. The summed E-state index contributed by atoms with van der Waals surface area (Å²) in [6, 6.07) is 0.227. The van der Waals surface area contributed by atoms with Gasteiger partial charge in [-0.2, -0.15) is 0 Å². The van der Waals surface area contributed by atoms with Crippen LogP contribution in [0.5, 0.6) is 0 Å². The van der Waals surface area contributed by atoms with Crippen LogP contribution in [-0.2, 0) is 9.59 Å². The van der Waals surface area contributed by atoms with Gasteiger partial charge in [0.1, 0.15) is 12.6 Å². The highest BCUT2D eigenvalue weighted by atomic mass is 16.1. The van der Waals surface area contributed by atoms with Crippen molar-refractivity contribution < 1.29 is 9.59 Å². The zero-order valence-corrected chi connectivity index (χ0v) is 7.17. The molecule has 0 N–H and O–H groups in total. The number of hydrogen-bond acceptors (Lipinski definition) is 3. The van der Waals surface area contributed by atoms with Crippen molar-refractivity contribution in [2.75, 3.05) is 14.1 Å². The molecule has 1 aliphatic rings. The van der Waals surface area contributed by atoms with Crippen LogP contribution in [0.15, 0.2) is 0 Å². The van der Waals surface area contributed by atoms with E-state index in [9.17, 15) is 4.79 Å². The SMILES string of the molecule is C=O.CN(C)C1CCCC1=O. The first-order valence-electron chi connectivity index (χ1n) is 3.70. The van der Waals surface area contributed by atoms with Crippen LogP contribution >= 0.6 is 0 Å².